The van der Waals surface area contributed by atoms with Crippen LogP contribution in [-0.4, -0.2) is 109 Å². The lowest BCUT2D eigenvalue weighted by molar-refractivity contribution is -0.156. The lowest BCUT2D eigenvalue weighted by atomic mass is 10.1. The summed E-state index contributed by atoms with van der Waals surface area (Å²) in [5, 5.41) is 41.0. The highest BCUT2D eigenvalue weighted by atomic mass is 32.1. The number of carbonyl (C=O) groups excluding carboxylic acids is 3. The van der Waals surface area contributed by atoms with Crippen LogP contribution in [0.25, 0.3) is 0 Å². The molecular weight excluding hydrogens is 526 g/mol. The largest absolute Gasteiger partial charge is 0.481 e. The van der Waals surface area contributed by atoms with Gasteiger partial charge in [0.15, 0.2) is 6.04 Å². The average molecular weight is 556 g/mol. The fraction of sp³-hybridized carbons (Fsp3) is 0.611. The fourth-order valence-corrected chi connectivity index (χ4v) is 3.17. The molecule has 0 radical (unpaired) electrons. The van der Waals surface area contributed by atoms with E-state index in [0.29, 0.717) is 5.01 Å². The number of carboxylic acids is 4. The van der Waals surface area contributed by atoms with Crippen LogP contribution in [0.2, 0.25) is 0 Å². The Hall–Kier alpha value is -3.09. The number of amides is 3. The van der Waals surface area contributed by atoms with Gasteiger partial charge in [-0.05, 0) is 12.8 Å². The van der Waals surface area contributed by atoms with Crippen LogP contribution in [0, 0.1) is 0 Å². The Labute approximate surface area is 215 Å². The number of hydrogen-bond acceptors (Lipinski definition) is 11. The van der Waals surface area contributed by atoms with E-state index in [2.05, 4.69) is 41.3 Å². The Balaban J connectivity index is 5.43. The van der Waals surface area contributed by atoms with Gasteiger partial charge in [0.25, 0.3) is 5.91 Å². The van der Waals surface area contributed by atoms with E-state index in [0.717, 1.165) is 0 Å². The van der Waals surface area contributed by atoms with E-state index in [9.17, 15) is 43.8 Å². The number of carboxylic acid groups (broad SMARTS) is 4. The number of thiol groups is 2. The van der Waals surface area contributed by atoms with Gasteiger partial charge in [0.05, 0.1) is 6.04 Å². The number of nitrogens with zero attached hydrogens (tertiary/aromatic N) is 1. The molecule has 4 atom stereocenters. The maximum Gasteiger partial charge on any atom is 0.328 e. The Morgan fingerprint density at radius 2 is 1.42 bits per heavy atom. The monoisotopic (exact) mass is 555 g/mol. The van der Waals surface area contributed by atoms with Crippen LogP contribution >= 0.6 is 25.3 Å². The Morgan fingerprint density at radius 1 is 0.806 bits per heavy atom. The molecule has 0 aromatic carbocycles. The fourth-order valence-electron chi connectivity index (χ4n) is 2.59. The molecule has 0 heterocycles. The topological polar surface area (TPSA) is 266 Å². The zero-order valence-electron chi connectivity index (χ0n) is 18.8. The molecule has 0 aromatic heterocycles. The van der Waals surface area contributed by atoms with E-state index in [1.165, 1.54) is 0 Å². The van der Waals surface area contributed by atoms with Gasteiger partial charge in [0, 0.05) is 24.3 Å². The Morgan fingerprint density at radius 3 is 1.86 bits per heavy atom. The van der Waals surface area contributed by atoms with Crippen LogP contribution in [-0.2, 0) is 33.6 Å². The molecule has 9 N–H and O–H groups in total. The van der Waals surface area contributed by atoms with Gasteiger partial charge in [-0.25, -0.2) is 10.2 Å². The molecule has 0 fully saturated rings. The summed E-state index contributed by atoms with van der Waals surface area (Å²) in [7, 11) is 0. The van der Waals surface area contributed by atoms with Crippen LogP contribution in [0.3, 0.4) is 0 Å². The van der Waals surface area contributed by atoms with E-state index in [4.69, 9.17) is 15.9 Å². The lowest BCUT2D eigenvalue weighted by Gasteiger charge is -2.33. The van der Waals surface area contributed by atoms with Gasteiger partial charge in [0.1, 0.15) is 18.6 Å². The third-order valence-electron chi connectivity index (χ3n) is 4.49. The number of nitrogens with one attached hydrogen (secondary N) is 3. The minimum Gasteiger partial charge on any atom is -0.481 e. The van der Waals surface area contributed by atoms with Crippen LogP contribution in [0.15, 0.2) is 0 Å². The SMILES string of the molecule is N[C@@H](CCC(=O)O)C(=O)N(N[C@@H](CCC(=O)N[C@@H](CS)C(=O)NCC(=O)O)C(=O)O)[C@@H](CS)C(=O)O. The molecule has 0 aromatic rings. The first-order valence-electron chi connectivity index (χ1n) is 10.3. The molecule has 0 aliphatic carbocycles. The molecule has 0 aliphatic heterocycles. The molecule has 18 heteroatoms. The molecule has 16 nitrogen and oxygen atoms in total. The molecule has 204 valence electrons. The number of nitrogens with two attached hydrogens (primary N) is 1. The number of hydrogen-bond donors (Lipinski definition) is 10. The summed E-state index contributed by atoms with van der Waals surface area (Å²) in [4.78, 5) is 81.5. The van der Waals surface area contributed by atoms with Crippen molar-refractivity contribution in [3.05, 3.63) is 0 Å². The van der Waals surface area contributed by atoms with Crippen LogP contribution in [0.1, 0.15) is 25.7 Å². The summed E-state index contributed by atoms with van der Waals surface area (Å²) in [6.07, 6.45) is -1.86. The van der Waals surface area contributed by atoms with Gasteiger partial charge >= 0.3 is 23.9 Å². The first-order chi connectivity index (χ1) is 16.7. The molecule has 3 amide bonds. The van der Waals surface area contributed by atoms with Crippen molar-refractivity contribution in [3.63, 3.8) is 0 Å². The van der Waals surface area contributed by atoms with E-state index in [1.54, 1.807) is 0 Å². The van der Waals surface area contributed by atoms with E-state index in [1.807, 2.05) is 0 Å². The first kappa shape index (κ1) is 32.9. The molecule has 0 aliphatic rings. The minimum absolute atomic E-state index is 0.198. The van der Waals surface area contributed by atoms with Gasteiger partial charge in [-0.3, -0.25) is 33.8 Å². The zero-order valence-corrected chi connectivity index (χ0v) is 20.6. The van der Waals surface area contributed by atoms with Gasteiger partial charge < -0.3 is 36.8 Å². The number of hydrazine groups is 1. The van der Waals surface area contributed by atoms with E-state index in [-0.39, 0.29) is 12.2 Å². The maximum atomic E-state index is 12.7. The molecule has 0 spiro atoms. The van der Waals surface area contributed by atoms with Crippen molar-refractivity contribution in [2.45, 2.75) is 49.9 Å². The van der Waals surface area contributed by atoms with Crippen molar-refractivity contribution in [1.29, 1.82) is 0 Å². The Kier molecular flexibility index (Phi) is 15.1. The van der Waals surface area contributed by atoms with Gasteiger partial charge in [-0.2, -0.15) is 25.3 Å². The Bertz CT molecular complexity index is 844. The summed E-state index contributed by atoms with van der Waals surface area (Å²) in [5.41, 5.74) is 7.89. The highest BCUT2D eigenvalue weighted by molar-refractivity contribution is 7.80. The second-order valence-electron chi connectivity index (χ2n) is 7.26. The predicted octanol–water partition coefficient (Wildman–Crippen LogP) is -3.26. The number of rotatable bonds is 18. The average Bonchev–Trinajstić information content (AvgIpc) is 2.80. The summed E-state index contributed by atoms with van der Waals surface area (Å²) in [6.45, 7) is -0.696. The number of carbonyl (C=O) groups is 7. The second kappa shape index (κ2) is 16.6. The molecule has 0 saturated carbocycles. The zero-order chi connectivity index (χ0) is 28.0. The van der Waals surface area contributed by atoms with Crippen molar-refractivity contribution in [1.82, 2.24) is 21.1 Å². The smallest absolute Gasteiger partial charge is 0.328 e. The summed E-state index contributed by atoms with van der Waals surface area (Å²) in [5.74, 6) is -9.09. The standard InChI is InChI=1S/C18H29N5O11S2/c19-8(1-4-13(25)26)16(30)23(11(7-36)18(33)34)22-9(17(31)32)2-3-12(24)21-10(6-35)15(29)20-5-14(27)28/h8-11,22,35-36H,1-7,19H2,(H,20,29)(H,21,24)(H,25,26)(H,27,28)(H,31,32)(H,33,34)/t8-,9-,10-,11-/m0/s1. The molecule has 0 bridgehead atoms. The van der Waals surface area contributed by atoms with Crippen LogP contribution < -0.4 is 21.8 Å². The summed E-state index contributed by atoms with van der Waals surface area (Å²) >= 11 is 7.75. The highest BCUT2D eigenvalue weighted by Crippen LogP contribution is 2.09. The van der Waals surface area contributed by atoms with E-state index < -0.39 is 97.3 Å². The normalized spacial score (nSPS) is 14.0. The molecule has 0 unspecified atom stereocenters. The molecule has 36 heavy (non-hydrogen) atoms. The number of aliphatic carboxylic acids is 4. The highest BCUT2D eigenvalue weighted by Gasteiger charge is 2.35. The molecule has 0 rings (SSSR count). The lowest BCUT2D eigenvalue weighted by Crippen LogP contribution is -2.62. The van der Waals surface area contributed by atoms with E-state index >= 15 is 0 Å². The van der Waals surface area contributed by atoms with Crippen molar-refractivity contribution < 1.29 is 54.0 Å². The van der Waals surface area contributed by atoms with Crippen LogP contribution in [0.4, 0.5) is 0 Å². The quantitative estimate of drug-likeness (QED) is 0.0589. The first-order valence-corrected chi connectivity index (χ1v) is 11.5. The third kappa shape index (κ3) is 12.0. The molecular formula is C18H29N5O11S2. The van der Waals surface area contributed by atoms with Crippen molar-refractivity contribution in [2.24, 2.45) is 5.73 Å². The van der Waals surface area contributed by atoms with Gasteiger partial charge in [-0.15, -0.1) is 0 Å². The summed E-state index contributed by atoms with van der Waals surface area (Å²) in [6, 6.07) is -6.06. The summed E-state index contributed by atoms with van der Waals surface area (Å²) < 4.78 is 0. The van der Waals surface area contributed by atoms with Crippen LogP contribution in [0.5, 0.6) is 0 Å². The third-order valence-corrected chi connectivity index (χ3v) is 5.21. The van der Waals surface area contributed by atoms with Gasteiger partial charge in [0.2, 0.25) is 11.8 Å². The predicted molar refractivity (Wildman–Crippen MR) is 127 cm³/mol. The van der Waals surface area contributed by atoms with Gasteiger partial charge in [-0.1, -0.05) is 0 Å². The van der Waals surface area contributed by atoms with Crippen molar-refractivity contribution in [2.75, 3.05) is 18.1 Å². The van der Waals surface area contributed by atoms with Crippen molar-refractivity contribution >= 4 is 66.9 Å². The molecule has 0 saturated heterocycles. The van der Waals surface area contributed by atoms with Crippen molar-refractivity contribution in [3.8, 4) is 0 Å². The second-order valence-corrected chi connectivity index (χ2v) is 7.99. The maximum absolute atomic E-state index is 12.7. The minimum atomic E-state index is -1.68.